The van der Waals surface area contributed by atoms with Gasteiger partial charge in [-0.3, -0.25) is 0 Å². The number of hydrogen-bond donors (Lipinski definition) is 1. The van der Waals surface area contributed by atoms with Gasteiger partial charge >= 0.3 is 0 Å². The van der Waals surface area contributed by atoms with Crippen LogP contribution in [0.2, 0.25) is 0 Å². The molecule has 1 rings (SSSR count). The monoisotopic (exact) mass is 169 g/mol. The second-order valence-corrected chi connectivity index (χ2v) is 3.16. The summed E-state index contributed by atoms with van der Waals surface area (Å²) in [5.41, 5.74) is 5.71. The van der Waals surface area contributed by atoms with Crippen molar-refractivity contribution in [1.82, 2.24) is 10.1 Å². The Labute approximate surface area is 72.1 Å². The summed E-state index contributed by atoms with van der Waals surface area (Å²) < 4.78 is 4.99. The lowest BCUT2D eigenvalue weighted by atomic mass is 10.2. The molecular formula is C8H15N3O. The van der Waals surface area contributed by atoms with Crippen molar-refractivity contribution in [2.45, 2.75) is 39.2 Å². The number of hydrogen-bond acceptors (Lipinski definition) is 4. The summed E-state index contributed by atoms with van der Waals surface area (Å²) in [6, 6.07) is -0.120. The van der Waals surface area contributed by atoms with Crippen LogP contribution in [-0.2, 0) is 0 Å². The molecule has 0 spiro atoms. The molecule has 0 aliphatic rings. The molecule has 0 bridgehead atoms. The van der Waals surface area contributed by atoms with E-state index in [4.69, 9.17) is 10.3 Å². The molecule has 12 heavy (non-hydrogen) atoms. The summed E-state index contributed by atoms with van der Waals surface area (Å²) in [6.45, 7) is 6.03. The fourth-order valence-corrected chi connectivity index (χ4v) is 0.807. The maximum absolute atomic E-state index is 5.71. The van der Waals surface area contributed by atoms with Crippen LogP contribution in [0.1, 0.15) is 50.9 Å². The van der Waals surface area contributed by atoms with Crippen LogP contribution in [0.4, 0.5) is 0 Å². The van der Waals surface area contributed by atoms with E-state index in [0.29, 0.717) is 11.8 Å². The van der Waals surface area contributed by atoms with Gasteiger partial charge in [-0.1, -0.05) is 25.9 Å². The molecule has 0 saturated carbocycles. The Morgan fingerprint density at radius 1 is 1.50 bits per heavy atom. The summed E-state index contributed by atoms with van der Waals surface area (Å²) in [7, 11) is 0. The van der Waals surface area contributed by atoms with Crippen LogP contribution >= 0.6 is 0 Å². The van der Waals surface area contributed by atoms with E-state index in [9.17, 15) is 0 Å². The van der Waals surface area contributed by atoms with Gasteiger partial charge in [-0.25, -0.2) is 0 Å². The van der Waals surface area contributed by atoms with Gasteiger partial charge in [0.05, 0.1) is 6.04 Å². The molecule has 0 aliphatic carbocycles. The highest BCUT2D eigenvalue weighted by Gasteiger charge is 2.13. The molecule has 1 aromatic rings. The van der Waals surface area contributed by atoms with Gasteiger partial charge in [-0.05, 0) is 6.42 Å². The summed E-state index contributed by atoms with van der Waals surface area (Å²) in [4.78, 5) is 4.18. The second kappa shape index (κ2) is 3.67. The summed E-state index contributed by atoms with van der Waals surface area (Å²) in [5, 5.41) is 3.82. The number of aromatic nitrogens is 2. The molecule has 1 heterocycles. The lowest BCUT2D eigenvalue weighted by molar-refractivity contribution is 0.347. The third-order valence-electron chi connectivity index (χ3n) is 1.73. The van der Waals surface area contributed by atoms with Crippen molar-refractivity contribution in [3.63, 3.8) is 0 Å². The highest BCUT2D eigenvalue weighted by Crippen LogP contribution is 2.14. The molecule has 1 aromatic heterocycles. The van der Waals surface area contributed by atoms with Crippen LogP contribution in [0, 0.1) is 0 Å². The molecule has 4 nitrogen and oxygen atoms in total. The van der Waals surface area contributed by atoms with E-state index < -0.39 is 0 Å². The Bertz CT molecular complexity index is 244. The molecular weight excluding hydrogens is 154 g/mol. The Kier molecular flexibility index (Phi) is 2.81. The highest BCUT2D eigenvalue weighted by molar-refractivity contribution is 4.94. The first-order valence-electron chi connectivity index (χ1n) is 4.24. The quantitative estimate of drug-likeness (QED) is 0.746. The molecule has 0 saturated heterocycles. The van der Waals surface area contributed by atoms with Crippen LogP contribution < -0.4 is 5.73 Å². The van der Waals surface area contributed by atoms with E-state index in [1.165, 1.54) is 0 Å². The standard InChI is InChI=1S/C8H15N3O/c1-4-6(9)8-10-7(5(2)3)11-12-8/h5-6H,4,9H2,1-3H3. The van der Waals surface area contributed by atoms with Gasteiger partial charge < -0.3 is 10.3 Å². The van der Waals surface area contributed by atoms with Crippen molar-refractivity contribution in [3.05, 3.63) is 11.7 Å². The van der Waals surface area contributed by atoms with Crippen molar-refractivity contribution in [2.75, 3.05) is 0 Å². The Balaban J connectivity index is 2.77. The zero-order valence-corrected chi connectivity index (χ0v) is 7.74. The van der Waals surface area contributed by atoms with Gasteiger partial charge in [0, 0.05) is 5.92 Å². The average Bonchev–Trinajstić information content (AvgIpc) is 2.51. The lowest BCUT2D eigenvalue weighted by Crippen LogP contribution is -2.09. The number of nitrogens with two attached hydrogens (primary N) is 1. The summed E-state index contributed by atoms with van der Waals surface area (Å²) in [5.74, 6) is 1.57. The van der Waals surface area contributed by atoms with Crippen LogP contribution in [0.25, 0.3) is 0 Å². The SMILES string of the molecule is CCC(N)c1nc(C(C)C)no1. The molecule has 0 aliphatic heterocycles. The molecule has 1 unspecified atom stereocenters. The zero-order valence-electron chi connectivity index (χ0n) is 7.74. The van der Waals surface area contributed by atoms with Crippen LogP contribution in [-0.4, -0.2) is 10.1 Å². The Hall–Kier alpha value is -0.900. The molecule has 0 amide bonds. The van der Waals surface area contributed by atoms with E-state index in [1.54, 1.807) is 0 Å². The molecule has 68 valence electrons. The van der Waals surface area contributed by atoms with Crippen molar-refractivity contribution in [3.8, 4) is 0 Å². The minimum absolute atomic E-state index is 0.120. The molecule has 1 atom stereocenters. The van der Waals surface area contributed by atoms with E-state index in [2.05, 4.69) is 10.1 Å². The molecule has 0 fully saturated rings. The topological polar surface area (TPSA) is 64.9 Å². The zero-order chi connectivity index (χ0) is 9.14. The molecule has 0 aromatic carbocycles. The minimum atomic E-state index is -0.120. The van der Waals surface area contributed by atoms with Crippen molar-refractivity contribution >= 4 is 0 Å². The molecule has 4 heteroatoms. The second-order valence-electron chi connectivity index (χ2n) is 3.16. The van der Waals surface area contributed by atoms with Crippen LogP contribution in [0.3, 0.4) is 0 Å². The van der Waals surface area contributed by atoms with Gasteiger partial charge in [0.25, 0.3) is 0 Å². The molecule has 2 N–H and O–H groups in total. The average molecular weight is 169 g/mol. The maximum Gasteiger partial charge on any atom is 0.243 e. The van der Waals surface area contributed by atoms with Gasteiger partial charge in [-0.2, -0.15) is 4.98 Å². The fourth-order valence-electron chi connectivity index (χ4n) is 0.807. The van der Waals surface area contributed by atoms with Gasteiger partial charge in [0.15, 0.2) is 5.82 Å². The van der Waals surface area contributed by atoms with E-state index in [-0.39, 0.29) is 6.04 Å². The predicted molar refractivity (Wildman–Crippen MR) is 45.6 cm³/mol. The van der Waals surface area contributed by atoms with Gasteiger partial charge in [0.1, 0.15) is 0 Å². The fraction of sp³-hybridized carbons (Fsp3) is 0.750. The minimum Gasteiger partial charge on any atom is -0.338 e. The van der Waals surface area contributed by atoms with Gasteiger partial charge in [-0.15, -0.1) is 0 Å². The summed E-state index contributed by atoms with van der Waals surface area (Å²) >= 11 is 0. The highest BCUT2D eigenvalue weighted by atomic mass is 16.5. The first-order chi connectivity index (χ1) is 5.65. The largest absolute Gasteiger partial charge is 0.338 e. The van der Waals surface area contributed by atoms with Crippen LogP contribution in [0.15, 0.2) is 4.52 Å². The Morgan fingerprint density at radius 3 is 2.58 bits per heavy atom. The molecule has 0 radical (unpaired) electrons. The smallest absolute Gasteiger partial charge is 0.243 e. The van der Waals surface area contributed by atoms with Crippen molar-refractivity contribution in [1.29, 1.82) is 0 Å². The first kappa shape index (κ1) is 9.19. The van der Waals surface area contributed by atoms with Crippen LogP contribution in [0.5, 0.6) is 0 Å². The van der Waals surface area contributed by atoms with E-state index >= 15 is 0 Å². The van der Waals surface area contributed by atoms with Gasteiger partial charge in [0.2, 0.25) is 5.89 Å². The normalized spacial score (nSPS) is 13.8. The summed E-state index contributed by atoms with van der Waals surface area (Å²) in [6.07, 6.45) is 0.819. The maximum atomic E-state index is 5.71. The number of rotatable bonds is 3. The van der Waals surface area contributed by atoms with E-state index in [0.717, 1.165) is 12.2 Å². The van der Waals surface area contributed by atoms with Crippen molar-refractivity contribution < 1.29 is 4.52 Å². The Morgan fingerprint density at radius 2 is 2.17 bits per heavy atom. The third-order valence-corrected chi connectivity index (χ3v) is 1.73. The van der Waals surface area contributed by atoms with E-state index in [1.807, 2.05) is 20.8 Å². The number of nitrogens with zero attached hydrogens (tertiary/aromatic N) is 2. The van der Waals surface area contributed by atoms with Crippen molar-refractivity contribution in [2.24, 2.45) is 5.73 Å². The predicted octanol–water partition coefficient (Wildman–Crippen LogP) is 1.60. The lowest BCUT2D eigenvalue weighted by Gasteiger charge is -1.99. The third kappa shape index (κ3) is 1.82. The first-order valence-corrected chi connectivity index (χ1v) is 4.24.